The largest absolute Gasteiger partial charge is 0.353 e. The lowest BCUT2D eigenvalue weighted by Gasteiger charge is -2.27. The first-order chi connectivity index (χ1) is 12.3. The summed E-state index contributed by atoms with van der Waals surface area (Å²) in [4.78, 5) is 30.0. The van der Waals surface area contributed by atoms with E-state index >= 15 is 0 Å². The van der Waals surface area contributed by atoms with Gasteiger partial charge in [0.15, 0.2) is 0 Å². The Balaban J connectivity index is 1.33. The highest BCUT2D eigenvalue weighted by molar-refractivity contribution is 5.91. The molecular formula is C20H28N4O2. The number of aromatic nitrogens is 1. The molecular weight excluding hydrogens is 328 g/mol. The van der Waals surface area contributed by atoms with Gasteiger partial charge in [-0.1, -0.05) is 6.07 Å². The number of hydrogen-bond acceptors (Lipinski definition) is 3. The summed E-state index contributed by atoms with van der Waals surface area (Å²) in [5.74, 6) is 1.76. The second-order valence-electron chi connectivity index (χ2n) is 8.28. The Kier molecular flexibility index (Phi) is 5.30. The van der Waals surface area contributed by atoms with Crippen molar-refractivity contribution in [3.63, 3.8) is 0 Å². The van der Waals surface area contributed by atoms with Crippen molar-refractivity contribution < 1.29 is 9.59 Å². The smallest absolute Gasteiger partial charge is 0.317 e. The molecule has 3 rings (SSSR count). The number of hydrogen-bond donors (Lipinski definition) is 2. The van der Waals surface area contributed by atoms with Crippen LogP contribution in [0.1, 0.15) is 32.8 Å². The van der Waals surface area contributed by atoms with Gasteiger partial charge in [0.05, 0.1) is 0 Å². The quantitative estimate of drug-likeness (QED) is 0.795. The molecule has 0 radical (unpaired) electrons. The molecule has 2 fully saturated rings. The Morgan fingerprint density at radius 2 is 2.04 bits per heavy atom. The van der Waals surface area contributed by atoms with Gasteiger partial charge in [0.1, 0.15) is 0 Å². The molecule has 6 heteroatoms. The van der Waals surface area contributed by atoms with E-state index in [0.717, 1.165) is 25.1 Å². The lowest BCUT2D eigenvalue weighted by Crippen LogP contribution is -2.48. The fourth-order valence-corrected chi connectivity index (χ4v) is 3.71. The first kappa shape index (κ1) is 18.4. The van der Waals surface area contributed by atoms with E-state index in [1.165, 1.54) is 0 Å². The predicted molar refractivity (Wildman–Crippen MR) is 101 cm³/mol. The van der Waals surface area contributed by atoms with Crippen molar-refractivity contribution >= 4 is 18.0 Å². The topological polar surface area (TPSA) is 74.3 Å². The van der Waals surface area contributed by atoms with Gasteiger partial charge in [-0.3, -0.25) is 9.78 Å². The molecule has 1 aliphatic carbocycles. The van der Waals surface area contributed by atoms with E-state index in [1.807, 2.05) is 37.8 Å². The highest BCUT2D eigenvalue weighted by atomic mass is 16.2. The molecule has 1 saturated carbocycles. The highest BCUT2D eigenvalue weighted by Gasteiger charge is 2.55. The monoisotopic (exact) mass is 356 g/mol. The number of fused-ring (bicyclic) bond motifs is 1. The number of carbonyl (C=O) groups is 2. The Morgan fingerprint density at radius 1 is 1.31 bits per heavy atom. The van der Waals surface area contributed by atoms with Crippen LogP contribution in [0.25, 0.3) is 6.08 Å². The molecule has 3 amide bonds. The van der Waals surface area contributed by atoms with Crippen LogP contribution in [0.5, 0.6) is 0 Å². The number of pyridine rings is 1. The second-order valence-corrected chi connectivity index (χ2v) is 8.28. The van der Waals surface area contributed by atoms with Gasteiger partial charge in [-0.15, -0.1) is 0 Å². The van der Waals surface area contributed by atoms with Crippen molar-refractivity contribution in [3.05, 3.63) is 36.2 Å². The van der Waals surface area contributed by atoms with Crippen molar-refractivity contribution in [3.8, 4) is 0 Å². The number of nitrogens with zero attached hydrogens (tertiary/aromatic N) is 2. The van der Waals surface area contributed by atoms with E-state index in [0.29, 0.717) is 24.3 Å². The molecule has 1 aromatic heterocycles. The standard InChI is InChI=1S/C20H28N4O2/c1-20(2,3)23-19(26)24-12-16-15(17(16)13-24)8-10-22-18(25)7-6-14-5-4-9-21-11-14/h4-7,9,11,15-17H,8,10,12-13H2,1-3H3,(H,22,25)(H,23,26)/b7-6+. The zero-order valence-corrected chi connectivity index (χ0v) is 15.7. The van der Waals surface area contributed by atoms with Crippen molar-refractivity contribution in [1.29, 1.82) is 0 Å². The van der Waals surface area contributed by atoms with Gasteiger partial charge in [-0.05, 0) is 62.7 Å². The molecule has 140 valence electrons. The molecule has 2 atom stereocenters. The van der Waals surface area contributed by atoms with Crippen LogP contribution in [0.15, 0.2) is 30.6 Å². The molecule has 1 aromatic rings. The summed E-state index contributed by atoms with van der Waals surface area (Å²) in [6.45, 7) is 8.35. The fraction of sp³-hybridized carbons (Fsp3) is 0.550. The number of piperidine rings is 1. The molecule has 2 N–H and O–H groups in total. The van der Waals surface area contributed by atoms with E-state index in [2.05, 4.69) is 15.6 Å². The first-order valence-electron chi connectivity index (χ1n) is 9.26. The van der Waals surface area contributed by atoms with Gasteiger partial charge in [0.25, 0.3) is 0 Å². The van der Waals surface area contributed by atoms with Crippen LogP contribution in [-0.2, 0) is 4.79 Å². The van der Waals surface area contributed by atoms with Crippen LogP contribution < -0.4 is 10.6 Å². The Morgan fingerprint density at radius 3 is 2.65 bits per heavy atom. The fourth-order valence-electron chi connectivity index (χ4n) is 3.71. The van der Waals surface area contributed by atoms with Gasteiger partial charge in [-0.2, -0.15) is 0 Å². The summed E-state index contributed by atoms with van der Waals surface area (Å²) in [6.07, 6.45) is 7.72. The zero-order chi connectivity index (χ0) is 18.7. The lowest BCUT2D eigenvalue weighted by atomic mass is 10.1. The number of urea groups is 1. The van der Waals surface area contributed by atoms with Crippen LogP contribution in [0.4, 0.5) is 4.79 Å². The third-order valence-corrected chi connectivity index (χ3v) is 5.03. The van der Waals surface area contributed by atoms with Crippen molar-refractivity contribution in [2.24, 2.45) is 17.8 Å². The molecule has 6 nitrogen and oxygen atoms in total. The van der Waals surface area contributed by atoms with Crippen LogP contribution in [-0.4, -0.2) is 47.0 Å². The number of amides is 3. The maximum Gasteiger partial charge on any atom is 0.317 e. The first-order valence-corrected chi connectivity index (χ1v) is 9.26. The van der Waals surface area contributed by atoms with E-state index in [4.69, 9.17) is 0 Å². The molecule has 2 aliphatic rings. The van der Waals surface area contributed by atoms with Crippen LogP contribution in [0, 0.1) is 17.8 Å². The third kappa shape index (κ3) is 4.84. The van der Waals surface area contributed by atoms with Crippen molar-refractivity contribution in [2.45, 2.75) is 32.7 Å². The maximum atomic E-state index is 12.2. The summed E-state index contributed by atoms with van der Waals surface area (Å²) < 4.78 is 0. The average molecular weight is 356 g/mol. The summed E-state index contributed by atoms with van der Waals surface area (Å²) in [5, 5.41) is 5.96. The molecule has 1 saturated heterocycles. The highest BCUT2D eigenvalue weighted by Crippen LogP contribution is 2.53. The summed E-state index contributed by atoms with van der Waals surface area (Å²) in [7, 11) is 0. The summed E-state index contributed by atoms with van der Waals surface area (Å²) >= 11 is 0. The Bertz CT molecular complexity index is 669. The Labute approximate surface area is 155 Å². The van der Waals surface area contributed by atoms with Crippen molar-refractivity contribution in [2.75, 3.05) is 19.6 Å². The average Bonchev–Trinajstić information content (AvgIpc) is 3.02. The van der Waals surface area contributed by atoms with Gasteiger partial charge >= 0.3 is 6.03 Å². The summed E-state index contributed by atoms with van der Waals surface area (Å²) in [5.41, 5.74) is 0.713. The molecule has 0 aromatic carbocycles. The maximum absolute atomic E-state index is 12.2. The normalized spacial score (nSPS) is 24.4. The minimum atomic E-state index is -0.198. The minimum absolute atomic E-state index is 0.0392. The van der Waals surface area contributed by atoms with Gasteiger partial charge in [0.2, 0.25) is 5.91 Å². The molecule has 26 heavy (non-hydrogen) atoms. The third-order valence-electron chi connectivity index (χ3n) is 5.03. The van der Waals surface area contributed by atoms with Crippen LogP contribution in [0.3, 0.4) is 0 Å². The number of nitrogens with one attached hydrogen (secondary N) is 2. The predicted octanol–water partition coefficient (Wildman–Crippen LogP) is 2.29. The van der Waals surface area contributed by atoms with E-state index < -0.39 is 0 Å². The van der Waals surface area contributed by atoms with Gasteiger partial charge in [0, 0.05) is 43.6 Å². The molecule has 1 aliphatic heterocycles. The molecule has 2 unspecified atom stereocenters. The number of carbonyl (C=O) groups excluding carboxylic acids is 2. The lowest BCUT2D eigenvalue weighted by molar-refractivity contribution is -0.116. The summed E-state index contributed by atoms with van der Waals surface area (Å²) in [6, 6.07) is 3.79. The van der Waals surface area contributed by atoms with Crippen LogP contribution >= 0.6 is 0 Å². The van der Waals surface area contributed by atoms with Crippen molar-refractivity contribution in [1.82, 2.24) is 20.5 Å². The molecule has 0 bridgehead atoms. The Hall–Kier alpha value is -2.37. The van der Waals surface area contributed by atoms with E-state index in [9.17, 15) is 9.59 Å². The molecule has 2 heterocycles. The van der Waals surface area contributed by atoms with E-state index in [-0.39, 0.29) is 17.5 Å². The second kappa shape index (κ2) is 7.48. The number of rotatable bonds is 5. The minimum Gasteiger partial charge on any atom is -0.353 e. The number of likely N-dealkylation sites (tertiary alicyclic amines) is 1. The SMILES string of the molecule is CC(C)(C)NC(=O)N1CC2C(CCNC(=O)/C=C/c3cccnc3)C2C1. The van der Waals surface area contributed by atoms with Gasteiger partial charge < -0.3 is 15.5 Å². The van der Waals surface area contributed by atoms with Gasteiger partial charge in [-0.25, -0.2) is 4.79 Å². The molecule has 0 spiro atoms. The van der Waals surface area contributed by atoms with E-state index in [1.54, 1.807) is 24.5 Å². The zero-order valence-electron chi connectivity index (χ0n) is 15.7. The van der Waals surface area contributed by atoms with Crippen LogP contribution in [0.2, 0.25) is 0 Å².